The Morgan fingerprint density at radius 2 is 1.52 bits per heavy atom. The van der Waals surface area contributed by atoms with Gasteiger partial charge in [-0.3, -0.25) is 19.7 Å². The Balaban J connectivity index is 0.680. The first-order chi connectivity index (χ1) is 30.7. The molecule has 0 radical (unpaired) electrons. The number of likely N-dealkylation sites (tertiary alicyclic amines) is 2. The Bertz CT molecular complexity index is 2390. The lowest BCUT2D eigenvalue weighted by molar-refractivity contribution is -0.134. The van der Waals surface area contributed by atoms with E-state index in [4.69, 9.17) is 25.3 Å². The summed E-state index contributed by atoms with van der Waals surface area (Å²) in [5, 5.41) is 15.7. The molecule has 0 bridgehead atoms. The second-order valence-corrected chi connectivity index (χ2v) is 18.3. The minimum atomic E-state index is -0.361. The third-order valence-corrected chi connectivity index (χ3v) is 13.5. The van der Waals surface area contributed by atoms with Crippen molar-refractivity contribution in [2.24, 2.45) is 0 Å². The van der Waals surface area contributed by atoms with Gasteiger partial charge in [-0.05, 0) is 126 Å². The number of amides is 3. The maximum absolute atomic E-state index is 13.2. The highest BCUT2D eigenvalue weighted by Gasteiger charge is 2.36. The number of nitrogens with two attached hydrogens (primary N) is 1. The molecule has 4 N–H and O–H groups in total. The van der Waals surface area contributed by atoms with Gasteiger partial charge in [0.25, 0.3) is 0 Å². The molecule has 1 saturated carbocycles. The maximum atomic E-state index is 13.2. The molecule has 4 aromatic heterocycles. The fourth-order valence-electron chi connectivity index (χ4n) is 9.64. The van der Waals surface area contributed by atoms with Crippen LogP contribution in [0.2, 0.25) is 0 Å². The number of piperidine rings is 3. The van der Waals surface area contributed by atoms with Gasteiger partial charge in [-0.1, -0.05) is 36.6 Å². The van der Waals surface area contributed by atoms with Gasteiger partial charge in [-0.25, -0.2) is 24.6 Å². The van der Waals surface area contributed by atoms with Gasteiger partial charge in [0.05, 0.1) is 10.9 Å². The minimum absolute atomic E-state index is 0.0487. The van der Waals surface area contributed by atoms with Gasteiger partial charge in [0, 0.05) is 56.0 Å². The van der Waals surface area contributed by atoms with E-state index in [9.17, 15) is 14.4 Å². The number of benzene rings is 1. The van der Waals surface area contributed by atoms with Crippen molar-refractivity contribution < 1.29 is 18.9 Å². The number of unbranched alkanes of at least 4 members (excludes halogenated alkanes) is 4. The van der Waals surface area contributed by atoms with Gasteiger partial charge in [-0.15, -0.1) is 0 Å². The van der Waals surface area contributed by atoms with Crippen LogP contribution in [-0.4, -0.2) is 101 Å². The highest BCUT2D eigenvalue weighted by Crippen LogP contribution is 2.48. The standard InChI is InChI=1S/C47H60N12O4/c1-29(2)59-46-40(44(48)51-28-52-46)41(55-59)42-39(43(63-56-42)33-9-10-33)45-49-26-34(27-50-45)32-19-24-58(25-20-32)38(61)8-6-4-3-5-7-21-57-22-17-31(18-23-57)30-11-13-35(14-12-30)53-36-15-16-37(60)54-47(36)62/h11-14,26-29,31-33,36,53H,3-10,15-25H2,1-2H3,(H2,48,51,52)(H,54,60,62)/t36-/m1/s1. The smallest absolute Gasteiger partial charge is 0.249 e. The van der Waals surface area contributed by atoms with E-state index in [1.165, 1.54) is 31.2 Å². The van der Waals surface area contributed by atoms with Crippen LogP contribution < -0.4 is 16.4 Å². The fraction of sp³-hybridized carbons (Fsp3) is 0.553. The van der Waals surface area contributed by atoms with Crippen LogP contribution in [0.3, 0.4) is 0 Å². The van der Waals surface area contributed by atoms with Crippen LogP contribution in [0.25, 0.3) is 33.8 Å². The highest BCUT2D eigenvalue weighted by atomic mass is 16.5. The molecule has 332 valence electrons. The van der Waals surface area contributed by atoms with Crippen molar-refractivity contribution in [2.45, 2.75) is 134 Å². The Morgan fingerprint density at radius 3 is 2.24 bits per heavy atom. The number of hydrogen-bond donors (Lipinski definition) is 3. The van der Waals surface area contributed by atoms with Crippen molar-refractivity contribution in [3.63, 3.8) is 0 Å². The second kappa shape index (κ2) is 18.9. The predicted molar refractivity (Wildman–Crippen MR) is 240 cm³/mol. The number of nitrogens with one attached hydrogen (secondary N) is 2. The Hall–Kier alpha value is -5.77. The molecule has 5 aromatic rings. The van der Waals surface area contributed by atoms with Gasteiger partial charge >= 0.3 is 0 Å². The second-order valence-electron chi connectivity index (χ2n) is 18.3. The highest BCUT2D eigenvalue weighted by molar-refractivity contribution is 6.01. The van der Waals surface area contributed by atoms with Crippen LogP contribution in [0.1, 0.15) is 144 Å². The molecule has 3 amide bonds. The summed E-state index contributed by atoms with van der Waals surface area (Å²) in [5.74, 6) is 2.63. The van der Waals surface area contributed by atoms with Gasteiger partial charge < -0.3 is 25.4 Å². The molecule has 0 unspecified atom stereocenters. The Labute approximate surface area is 368 Å². The number of rotatable bonds is 16. The molecule has 16 nitrogen and oxygen atoms in total. The molecule has 1 aromatic carbocycles. The Kier molecular flexibility index (Phi) is 12.8. The van der Waals surface area contributed by atoms with Crippen LogP contribution in [-0.2, 0) is 14.4 Å². The van der Waals surface area contributed by atoms with E-state index >= 15 is 0 Å². The van der Waals surface area contributed by atoms with Crippen LogP contribution in [0.4, 0.5) is 11.5 Å². The number of nitrogens with zero attached hydrogens (tertiary/aromatic N) is 9. The molecule has 63 heavy (non-hydrogen) atoms. The molecule has 0 spiro atoms. The lowest BCUT2D eigenvalue weighted by Gasteiger charge is -2.32. The Morgan fingerprint density at radius 1 is 0.825 bits per heavy atom. The summed E-state index contributed by atoms with van der Waals surface area (Å²) < 4.78 is 7.80. The number of anilines is 2. The molecule has 1 aliphatic carbocycles. The maximum Gasteiger partial charge on any atom is 0.249 e. The monoisotopic (exact) mass is 856 g/mol. The van der Waals surface area contributed by atoms with E-state index in [2.05, 4.69) is 54.9 Å². The lowest BCUT2D eigenvalue weighted by Crippen LogP contribution is -2.47. The molecule has 4 aliphatic rings. The van der Waals surface area contributed by atoms with Gasteiger partial charge in [0.1, 0.15) is 29.6 Å². The number of imide groups is 1. The van der Waals surface area contributed by atoms with Crippen molar-refractivity contribution in [3.05, 3.63) is 59.9 Å². The van der Waals surface area contributed by atoms with Crippen molar-refractivity contribution >= 4 is 40.3 Å². The zero-order valence-corrected chi connectivity index (χ0v) is 36.6. The average molecular weight is 857 g/mol. The number of hydrogen-bond acceptors (Lipinski definition) is 13. The molecule has 9 rings (SSSR count). The van der Waals surface area contributed by atoms with E-state index in [0.717, 1.165) is 107 Å². The number of carbonyl (C=O) groups excluding carboxylic acids is 3. The van der Waals surface area contributed by atoms with E-state index in [1.54, 1.807) is 0 Å². The molecule has 3 aliphatic heterocycles. The summed E-state index contributed by atoms with van der Waals surface area (Å²) in [6, 6.07) is 8.16. The van der Waals surface area contributed by atoms with Crippen molar-refractivity contribution in [1.82, 2.24) is 50.0 Å². The van der Waals surface area contributed by atoms with Crippen LogP contribution in [0.5, 0.6) is 0 Å². The SMILES string of the molecule is CC(C)n1nc(-c2noc(C3CC3)c2-c2ncc(C3CCN(C(=O)CCCCCCCN4CCC(c5ccc(N[C@@H]6CCC(=O)NC6=O)cc5)CC4)CC3)cn2)c2c(N)ncnc21. The van der Waals surface area contributed by atoms with E-state index in [1.807, 2.05) is 35.8 Å². The lowest BCUT2D eigenvalue weighted by atomic mass is 9.89. The summed E-state index contributed by atoms with van der Waals surface area (Å²) >= 11 is 0. The zero-order valence-electron chi connectivity index (χ0n) is 36.6. The average Bonchev–Trinajstić information content (AvgIpc) is 3.92. The molecular formula is C47H60N12O4. The first-order valence-electron chi connectivity index (χ1n) is 23.2. The number of fused-ring (bicyclic) bond motifs is 1. The summed E-state index contributed by atoms with van der Waals surface area (Å²) in [6.45, 7) is 8.98. The van der Waals surface area contributed by atoms with E-state index in [-0.39, 0.29) is 35.7 Å². The van der Waals surface area contributed by atoms with Crippen LogP contribution in [0, 0.1) is 0 Å². The number of nitrogen functional groups attached to an aromatic ring is 1. The van der Waals surface area contributed by atoms with Crippen molar-refractivity contribution in [3.8, 4) is 22.8 Å². The minimum Gasteiger partial charge on any atom is -0.383 e. The largest absolute Gasteiger partial charge is 0.383 e. The van der Waals surface area contributed by atoms with Crippen LogP contribution >= 0.6 is 0 Å². The van der Waals surface area contributed by atoms with Crippen molar-refractivity contribution in [1.29, 1.82) is 0 Å². The summed E-state index contributed by atoms with van der Waals surface area (Å²) in [6.07, 6.45) is 18.6. The predicted octanol–water partition coefficient (Wildman–Crippen LogP) is 7.12. The van der Waals surface area contributed by atoms with Gasteiger partial charge in [-0.2, -0.15) is 5.10 Å². The molecule has 1 atom stereocenters. The zero-order chi connectivity index (χ0) is 43.5. The molecule has 7 heterocycles. The van der Waals surface area contributed by atoms with Crippen LogP contribution in [0.15, 0.2) is 47.5 Å². The molecule has 16 heteroatoms. The fourth-order valence-corrected chi connectivity index (χ4v) is 9.64. The molecule has 4 fully saturated rings. The first kappa shape index (κ1) is 42.5. The molecule has 3 saturated heterocycles. The quantitative estimate of drug-likeness (QED) is 0.0669. The van der Waals surface area contributed by atoms with Gasteiger partial charge in [0.2, 0.25) is 17.7 Å². The van der Waals surface area contributed by atoms with Gasteiger partial charge in [0.15, 0.2) is 17.2 Å². The van der Waals surface area contributed by atoms with E-state index < -0.39 is 0 Å². The molecular weight excluding hydrogens is 797 g/mol. The van der Waals surface area contributed by atoms with Crippen molar-refractivity contribution in [2.75, 3.05) is 43.8 Å². The third kappa shape index (κ3) is 9.60. The summed E-state index contributed by atoms with van der Waals surface area (Å²) in [4.78, 5) is 59.8. The number of aromatic nitrogens is 7. The first-order valence-corrected chi connectivity index (χ1v) is 23.2. The summed E-state index contributed by atoms with van der Waals surface area (Å²) in [7, 11) is 0. The number of carbonyl (C=O) groups is 3. The summed E-state index contributed by atoms with van der Waals surface area (Å²) in [5.41, 5.74) is 12.3. The van der Waals surface area contributed by atoms with E-state index in [0.29, 0.717) is 65.2 Å². The third-order valence-electron chi connectivity index (χ3n) is 13.5. The topological polar surface area (TPSA) is 203 Å². The normalized spacial score (nSPS) is 19.3.